The van der Waals surface area contributed by atoms with Gasteiger partial charge in [-0.25, -0.2) is 4.79 Å². The summed E-state index contributed by atoms with van der Waals surface area (Å²) in [6, 6.07) is 12.1. The summed E-state index contributed by atoms with van der Waals surface area (Å²) in [4.78, 5) is 11.0. The van der Waals surface area contributed by atoms with Crippen molar-refractivity contribution in [3.8, 4) is 17.2 Å². The highest BCUT2D eigenvalue weighted by Crippen LogP contribution is 2.33. The van der Waals surface area contributed by atoms with Crippen LogP contribution in [0.1, 0.15) is 23.7 Å². The van der Waals surface area contributed by atoms with Crippen molar-refractivity contribution in [3.05, 3.63) is 52.5 Å². The Balaban J connectivity index is 2.22. The van der Waals surface area contributed by atoms with Gasteiger partial charge in [0.05, 0.1) is 12.2 Å². The molecule has 2 aromatic rings. The maximum atomic E-state index is 11.0. The highest BCUT2D eigenvalue weighted by Gasteiger charge is 2.11. The molecule has 0 fully saturated rings. The summed E-state index contributed by atoms with van der Waals surface area (Å²) in [6.07, 6.45) is 0.910. The number of para-hydroxylation sites is 2. The second-order valence-electron chi connectivity index (χ2n) is 4.34. The normalized spacial score (nSPS) is 10.2. The van der Waals surface area contributed by atoms with E-state index in [9.17, 15) is 4.79 Å². The summed E-state index contributed by atoms with van der Waals surface area (Å²) >= 11 is 3.23. The number of hydrogen-bond acceptors (Lipinski definition) is 3. The lowest BCUT2D eigenvalue weighted by Crippen LogP contribution is -1.99. The molecule has 0 aliphatic rings. The van der Waals surface area contributed by atoms with Crippen LogP contribution < -0.4 is 9.47 Å². The highest BCUT2D eigenvalue weighted by molar-refractivity contribution is 9.10. The Kier molecular flexibility index (Phi) is 5.22. The SMILES string of the molecule is CCCOc1ccccc1Oc1ccc(C(=O)O)c(Br)c1. The minimum Gasteiger partial charge on any atom is -0.490 e. The summed E-state index contributed by atoms with van der Waals surface area (Å²) in [6.45, 7) is 2.65. The van der Waals surface area contributed by atoms with E-state index in [0.29, 0.717) is 28.3 Å². The van der Waals surface area contributed by atoms with Gasteiger partial charge in [-0.1, -0.05) is 19.1 Å². The van der Waals surface area contributed by atoms with Crippen molar-refractivity contribution >= 4 is 21.9 Å². The van der Waals surface area contributed by atoms with Gasteiger partial charge in [0.2, 0.25) is 0 Å². The molecule has 0 amide bonds. The molecule has 5 heteroatoms. The van der Waals surface area contributed by atoms with Gasteiger partial charge in [0.25, 0.3) is 0 Å². The molecule has 0 saturated carbocycles. The van der Waals surface area contributed by atoms with Gasteiger partial charge >= 0.3 is 5.97 Å². The van der Waals surface area contributed by atoms with Crippen LogP contribution in [0.2, 0.25) is 0 Å². The van der Waals surface area contributed by atoms with E-state index in [1.807, 2.05) is 31.2 Å². The summed E-state index contributed by atoms with van der Waals surface area (Å²) < 4.78 is 11.9. The Morgan fingerprint density at radius 3 is 2.52 bits per heavy atom. The lowest BCUT2D eigenvalue weighted by Gasteiger charge is -2.12. The van der Waals surface area contributed by atoms with E-state index in [1.165, 1.54) is 6.07 Å². The first-order valence-corrected chi connectivity index (χ1v) is 7.33. The Morgan fingerprint density at radius 1 is 1.19 bits per heavy atom. The molecule has 4 nitrogen and oxygen atoms in total. The van der Waals surface area contributed by atoms with E-state index in [1.54, 1.807) is 12.1 Å². The zero-order valence-corrected chi connectivity index (χ0v) is 13.1. The van der Waals surface area contributed by atoms with Crippen LogP contribution in [0.25, 0.3) is 0 Å². The number of carbonyl (C=O) groups is 1. The quantitative estimate of drug-likeness (QED) is 0.818. The van der Waals surface area contributed by atoms with Gasteiger partial charge < -0.3 is 14.6 Å². The van der Waals surface area contributed by atoms with Crippen LogP contribution in [0.5, 0.6) is 17.2 Å². The first kappa shape index (κ1) is 15.4. The standard InChI is InChI=1S/C16H15BrO4/c1-2-9-20-14-5-3-4-6-15(14)21-11-7-8-12(16(18)19)13(17)10-11/h3-8,10H,2,9H2,1H3,(H,18,19). The fraction of sp³-hybridized carbons (Fsp3) is 0.188. The van der Waals surface area contributed by atoms with Crippen molar-refractivity contribution < 1.29 is 19.4 Å². The maximum absolute atomic E-state index is 11.0. The minimum atomic E-state index is -0.986. The number of aromatic carboxylic acids is 1. The van der Waals surface area contributed by atoms with Crippen LogP contribution in [0.4, 0.5) is 0 Å². The average molecular weight is 351 g/mol. The molecule has 0 aliphatic carbocycles. The third kappa shape index (κ3) is 3.98. The molecule has 110 valence electrons. The largest absolute Gasteiger partial charge is 0.490 e. The van der Waals surface area contributed by atoms with Crippen molar-refractivity contribution in [1.29, 1.82) is 0 Å². The van der Waals surface area contributed by atoms with E-state index < -0.39 is 5.97 Å². The van der Waals surface area contributed by atoms with Crippen molar-refractivity contribution in [2.24, 2.45) is 0 Å². The zero-order valence-electron chi connectivity index (χ0n) is 11.5. The lowest BCUT2D eigenvalue weighted by atomic mass is 10.2. The lowest BCUT2D eigenvalue weighted by molar-refractivity contribution is 0.0696. The Bertz CT molecular complexity index is 640. The molecule has 0 spiro atoms. The number of halogens is 1. The van der Waals surface area contributed by atoms with Crippen LogP contribution in [-0.2, 0) is 0 Å². The Labute approximate surface area is 131 Å². The van der Waals surface area contributed by atoms with Crippen LogP contribution in [0.15, 0.2) is 46.9 Å². The third-order valence-corrected chi connectivity index (χ3v) is 3.37. The first-order chi connectivity index (χ1) is 10.1. The van der Waals surface area contributed by atoms with Crippen LogP contribution in [-0.4, -0.2) is 17.7 Å². The molecule has 0 aliphatic heterocycles. The van der Waals surface area contributed by atoms with Gasteiger partial charge in [0.15, 0.2) is 11.5 Å². The summed E-state index contributed by atoms with van der Waals surface area (Å²) in [5.41, 5.74) is 0.192. The number of benzene rings is 2. The average Bonchev–Trinajstić information content (AvgIpc) is 2.46. The van der Waals surface area contributed by atoms with Gasteiger partial charge in [-0.05, 0) is 52.7 Å². The molecule has 2 rings (SSSR count). The highest BCUT2D eigenvalue weighted by atomic mass is 79.9. The molecule has 0 bridgehead atoms. The topological polar surface area (TPSA) is 55.8 Å². The van der Waals surface area contributed by atoms with Crippen LogP contribution >= 0.6 is 15.9 Å². The molecule has 0 atom stereocenters. The first-order valence-electron chi connectivity index (χ1n) is 6.54. The van der Waals surface area contributed by atoms with E-state index in [-0.39, 0.29) is 5.56 Å². The number of carboxylic acid groups (broad SMARTS) is 1. The number of hydrogen-bond donors (Lipinski definition) is 1. The second kappa shape index (κ2) is 7.13. The van der Waals surface area contributed by atoms with Crippen molar-refractivity contribution in [2.45, 2.75) is 13.3 Å². The second-order valence-corrected chi connectivity index (χ2v) is 5.20. The monoisotopic (exact) mass is 350 g/mol. The van der Waals surface area contributed by atoms with Crippen molar-refractivity contribution in [3.63, 3.8) is 0 Å². The minimum absolute atomic E-state index is 0.192. The Morgan fingerprint density at radius 2 is 1.90 bits per heavy atom. The maximum Gasteiger partial charge on any atom is 0.336 e. The molecule has 0 saturated heterocycles. The summed E-state index contributed by atoms with van der Waals surface area (Å²) in [5.74, 6) is 0.818. The van der Waals surface area contributed by atoms with Crippen LogP contribution in [0, 0.1) is 0 Å². The van der Waals surface area contributed by atoms with Gasteiger partial charge in [-0.3, -0.25) is 0 Å². The predicted molar refractivity (Wildman–Crippen MR) is 83.4 cm³/mol. The van der Waals surface area contributed by atoms with Crippen molar-refractivity contribution in [2.75, 3.05) is 6.61 Å². The van der Waals surface area contributed by atoms with Gasteiger partial charge in [0.1, 0.15) is 5.75 Å². The molecule has 21 heavy (non-hydrogen) atoms. The molecule has 2 aromatic carbocycles. The number of rotatable bonds is 6. The third-order valence-electron chi connectivity index (χ3n) is 2.71. The molecule has 0 unspecified atom stereocenters. The van der Waals surface area contributed by atoms with Crippen LogP contribution in [0.3, 0.4) is 0 Å². The molecular formula is C16H15BrO4. The van der Waals surface area contributed by atoms with Gasteiger partial charge in [-0.2, -0.15) is 0 Å². The number of ether oxygens (including phenoxy) is 2. The molecule has 0 heterocycles. The molecule has 0 radical (unpaired) electrons. The van der Waals surface area contributed by atoms with Gasteiger partial charge in [-0.15, -0.1) is 0 Å². The van der Waals surface area contributed by atoms with E-state index >= 15 is 0 Å². The molecule has 0 aromatic heterocycles. The van der Waals surface area contributed by atoms with Gasteiger partial charge in [0, 0.05) is 4.47 Å². The number of carboxylic acids is 1. The van der Waals surface area contributed by atoms with E-state index in [2.05, 4.69) is 15.9 Å². The van der Waals surface area contributed by atoms with E-state index in [0.717, 1.165) is 6.42 Å². The van der Waals surface area contributed by atoms with E-state index in [4.69, 9.17) is 14.6 Å². The summed E-state index contributed by atoms with van der Waals surface area (Å²) in [5, 5.41) is 9.00. The molecule has 1 N–H and O–H groups in total. The fourth-order valence-electron chi connectivity index (χ4n) is 1.73. The zero-order chi connectivity index (χ0) is 15.2. The summed E-state index contributed by atoms with van der Waals surface area (Å²) in [7, 11) is 0. The Hall–Kier alpha value is -2.01. The van der Waals surface area contributed by atoms with Crippen molar-refractivity contribution in [1.82, 2.24) is 0 Å². The fourth-order valence-corrected chi connectivity index (χ4v) is 2.25. The molecular weight excluding hydrogens is 336 g/mol. The smallest absolute Gasteiger partial charge is 0.336 e. The predicted octanol–water partition coefficient (Wildman–Crippen LogP) is 4.73.